The molecule has 0 bridgehead atoms. The molecular formula is C23H24N2O4S. The van der Waals surface area contributed by atoms with Crippen molar-refractivity contribution in [1.29, 1.82) is 0 Å². The van der Waals surface area contributed by atoms with Gasteiger partial charge in [0.15, 0.2) is 11.5 Å². The van der Waals surface area contributed by atoms with Crippen molar-refractivity contribution in [3.05, 3.63) is 65.9 Å². The average molecular weight is 425 g/mol. The fourth-order valence-corrected chi connectivity index (χ4v) is 4.39. The number of nitrogens with one attached hydrogen (secondary N) is 1. The van der Waals surface area contributed by atoms with E-state index in [-0.39, 0.29) is 17.2 Å². The minimum Gasteiger partial charge on any atom is -0.493 e. The van der Waals surface area contributed by atoms with Crippen LogP contribution in [0.5, 0.6) is 17.2 Å². The van der Waals surface area contributed by atoms with Crippen LogP contribution >= 0.6 is 11.5 Å². The van der Waals surface area contributed by atoms with Crippen molar-refractivity contribution in [2.24, 2.45) is 5.92 Å². The molecule has 2 unspecified atom stereocenters. The van der Waals surface area contributed by atoms with E-state index in [0.717, 1.165) is 22.7 Å². The normalized spacial score (nSPS) is 19.8. The van der Waals surface area contributed by atoms with Gasteiger partial charge in [0.2, 0.25) is 5.91 Å². The van der Waals surface area contributed by atoms with Gasteiger partial charge in [-0.15, -0.1) is 0 Å². The number of nitrogens with zero attached hydrogens (tertiary/aromatic N) is 1. The minimum atomic E-state index is -0.363. The van der Waals surface area contributed by atoms with Gasteiger partial charge in [0.1, 0.15) is 10.8 Å². The van der Waals surface area contributed by atoms with Crippen LogP contribution in [0.25, 0.3) is 0 Å². The van der Waals surface area contributed by atoms with E-state index < -0.39 is 0 Å². The predicted octanol–water partition coefficient (Wildman–Crippen LogP) is 4.44. The molecule has 1 heterocycles. The van der Waals surface area contributed by atoms with Crippen molar-refractivity contribution >= 4 is 22.4 Å². The van der Waals surface area contributed by atoms with Gasteiger partial charge in [-0.05, 0) is 48.6 Å². The number of anilines is 1. The molecule has 6 nitrogen and oxygen atoms in total. The lowest BCUT2D eigenvalue weighted by molar-refractivity contribution is -0.117. The van der Waals surface area contributed by atoms with Gasteiger partial charge in [0.25, 0.3) is 0 Å². The highest BCUT2D eigenvalue weighted by atomic mass is 32.1. The second-order valence-electron chi connectivity index (χ2n) is 7.41. The first-order valence-corrected chi connectivity index (χ1v) is 10.5. The number of methoxy groups -OCH3 is 2. The second kappa shape index (κ2) is 8.36. The Bertz CT molecular complexity index is 1040. The highest BCUT2D eigenvalue weighted by molar-refractivity contribution is 7.10. The molecule has 7 heteroatoms. The quantitative estimate of drug-likeness (QED) is 0.579. The summed E-state index contributed by atoms with van der Waals surface area (Å²) in [4.78, 5) is 12.9. The van der Waals surface area contributed by atoms with Crippen LogP contribution in [0.3, 0.4) is 0 Å². The highest BCUT2D eigenvalue weighted by Gasteiger charge is 2.60. The molecule has 1 amide bonds. The molecule has 30 heavy (non-hydrogen) atoms. The lowest BCUT2D eigenvalue weighted by Gasteiger charge is -2.19. The summed E-state index contributed by atoms with van der Waals surface area (Å²) in [7, 11) is 3.19. The standard InChI is InChI=1S/C23H24N2O4S/c1-15-11-21(30-25-15)24-22(26)18-13-23(18,16-7-5-4-6-8-16)14-29-17-9-10-19(27-2)20(12-17)28-3/h4-12,18H,13-14H2,1-3H3,(H,24,26). The largest absolute Gasteiger partial charge is 0.493 e. The van der Waals surface area contributed by atoms with E-state index >= 15 is 0 Å². The molecule has 1 saturated carbocycles. The number of hydrogen-bond donors (Lipinski definition) is 1. The van der Waals surface area contributed by atoms with Gasteiger partial charge in [-0.2, -0.15) is 4.37 Å². The molecule has 1 aromatic heterocycles. The van der Waals surface area contributed by atoms with E-state index in [1.807, 2.05) is 43.3 Å². The molecule has 0 aliphatic heterocycles. The van der Waals surface area contributed by atoms with Gasteiger partial charge >= 0.3 is 0 Å². The van der Waals surface area contributed by atoms with E-state index in [2.05, 4.69) is 21.8 Å². The number of aryl methyl sites for hydroxylation is 1. The van der Waals surface area contributed by atoms with E-state index in [9.17, 15) is 4.79 Å². The van der Waals surface area contributed by atoms with Crippen LogP contribution in [-0.2, 0) is 10.2 Å². The minimum absolute atomic E-state index is 0.00147. The topological polar surface area (TPSA) is 69.7 Å². The number of aromatic nitrogens is 1. The number of ether oxygens (including phenoxy) is 3. The molecule has 0 radical (unpaired) electrons. The van der Waals surface area contributed by atoms with Crippen LogP contribution in [-0.4, -0.2) is 31.1 Å². The molecule has 1 aliphatic rings. The summed E-state index contributed by atoms with van der Waals surface area (Å²) in [6, 6.07) is 17.4. The molecule has 3 aromatic rings. The number of amides is 1. The predicted molar refractivity (Wildman–Crippen MR) is 117 cm³/mol. The van der Waals surface area contributed by atoms with Crippen LogP contribution < -0.4 is 19.5 Å². The van der Waals surface area contributed by atoms with Crippen molar-refractivity contribution in [3.8, 4) is 17.2 Å². The number of carbonyl (C=O) groups is 1. The van der Waals surface area contributed by atoms with Crippen LogP contribution in [0, 0.1) is 12.8 Å². The summed E-state index contributed by atoms with van der Waals surface area (Å²) < 4.78 is 21.0. The van der Waals surface area contributed by atoms with Crippen LogP contribution in [0.2, 0.25) is 0 Å². The SMILES string of the molecule is COc1ccc(OCC2(c3ccccc3)CC2C(=O)Nc2cc(C)ns2)cc1OC. The third kappa shape index (κ3) is 3.98. The van der Waals surface area contributed by atoms with Gasteiger partial charge in [-0.3, -0.25) is 4.79 Å². The first-order valence-electron chi connectivity index (χ1n) is 9.70. The summed E-state index contributed by atoms with van der Waals surface area (Å²) in [6.45, 7) is 2.31. The lowest BCUT2D eigenvalue weighted by Crippen LogP contribution is -2.26. The number of benzene rings is 2. The number of carbonyl (C=O) groups excluding carboxylic acids is 1. The van der Waals surface area contributed by atoms with Crippen molar-refractivity contribution in [2.75, 3.05) is 26.1 Å². The number of rotatable bonds is 8. The fraction of sp³-hybridized carbons (Fsp3) is 0.304. The Hall–Kier alpha value is -3.06. The maximum absolute atomic E-state index is 12.9. The zero-order valence-corrected chi connectivity index (χ0v) is 18.0. The van der Waals surface area contributed by atoms with Gasteiger partial charge in [0.05, 0.1) is 32.4 Å². The third-order valence-corrected chi connectivity index (χ3v) is 6.26. The van der Waals surface area contributed by atoms with Crippen molar-refractivity contribution in [3.63, 3.8) is 0 Å². The Kier molecular flexibility index (Phi) is 5.63. The smallest absolute Gasteiger partial charge is 0.229 e. The molecule has 2 aromatic carbocycles. The monoisotopic (exact) mass is 424 g/mol. The van der Waals surface area contributed by atoms with Crippen LogP contribution in [0.1, 0.15) is 17.7 Å². The summed E-state index contributed by atoms with van der Waals surface area (Å²) in [5, 5.41) is 3.78. The van der Waals surface area contributed by atoms with Gasteiger partial charge in [-0.25, -0.2) is 0 Å². The molecule has 156 valence electrons. The maximum Gasteiger partial charge on any atom is 0.229 e. The Morgan fingerprint density at radius 3 is 2.57 bits per heavy atom. The molecule has 0 spiro atoms. The first-order chi connectivity index (χ1) is 14.6. The van der Waals surface area contributed by atoms with Crippen molar-refractivity contribution < 1.29 is 19.0 Å². The first kappa shape index (κ1) is 20.2. The van der Waals surface area contributed by atoms with Crippen molar-refractivity contribution in [2.45, 2.75) is 18.8 Å². The molecule has 1 fully saturated rings. The average Bonchev–Trinajstić information content (AvgIpc) is 3.39. The highest BCUT2D eigenvalue weighted by Crippen LogP contribution is 2.55. The van der Waals surface area contributed by atoms with Crippen LogP contribution in [0.4, 0.5) is 5.00 Å². The second-order valence-corrected chi connectivity index (χ2v) is 8.21. The molecule has 0 saturated heterocycles. The lowest BCUT2D eigenvalue weighted by atomic mass is 9.93. The molecule has 2 atom stereocenters. The number of hydrogen-bond acceptors (Lipinski definition) is 6. The zero-order valence-electron chi connectivity index (χ0n) is 17.2. The molecule has 1 N–H and O–H groups in total. The Labute approximate surface area is 180 Å². The Morgan fingerprint density at radius 1 is 1.13 bits per heavy atom. The summed E-state index contributed by atoms with van der Waals surface area (Å²) in [5.74, 6) is 1.76. The van der Waals surface area contributed by atoms with Gasteiger partial charge in [0, 0.05) is 11.5 Å². The van der Waals surface area contributed by atoms with Crippen LogP contribution in [0.15, 0.2) is 54.6 Å². The van der Waals surface area contributed by atoms with Gasteiger partial charge in [-0.1, -0.05) is 30.3 Å². The van der Waals surface area contributed by atoms with E-state index in [0.29, 0.717) is 23.9 Å². The van der Waals surface area contributed by atoms with E-state index in [4.69, 9.17) is 14.2 Å². The molecule has 1 aliphatic carbocycles. The Balaban J connectivity index is 1.53. The fourth-order valence-electron chi connectivity index (χ4n) is 3.73. The van der Waals surface area contributed by atoms with E-state index in [1.165, 1.54) is 11.5 Å². The third-order valence-electron chi connectivity index (χ3n) is 5.47. The molecule has 4 rings (SSSR count). The Morgan fingerprint density at radius 2 is 1.90 bits per heavy atom. The van der Waals surface area contributed by atoms with E-state index in [1.54, 1.807) is 20.3 Å². The summed E-state index contributed by atoms with van der Waals surface area (Å²) in [6.07, 6.45) is 0.730. The maximum atomic E-state index is 12.9. The van der Waals surface area contributed by atoms with Crippen molar-refractivity contribution in [1.82, 2.24) is 4.37 Å². The molecular weight excluding hydrogens is 400 g/mol. The zero-order chi connectivity index (χ0) is 21.1. The summed E-state index contributed by atoms with van der Waals surface area (Å²) in [5.41, 5.74) is 1.64. The van der Waals surface area contributed by atoms with Gasteiger partial charge < -0.3 is 19.5 Å². The summed E-state index contributed by atoms with van der Waals surface area (Å²) >= 11 is 1.30.